The summed E-state index contributed by atoms with van der Waals surface area (Å²) in [6.45, 7) is 2.18. The highest BCUT2D eigenvalue weighted by molar-refractivity contribution is 6.02. The number of amides is 1. The minimum Gasteiger partial charge on any atom is -0.465 e. The average Bonchev–Trinajstić information content (AvgIpc) is 2.49. The molecule has 0 spiro atoms. The van der Waals surface area contributed by atoms with Gasteiger partial charge in [0.15, 0.2) is 5.78 Å². The fourth-order valence-electron chi connectivity index (χ4n) is 2.42. The zero-order valence-corrected chi connectivity index (χ0v) is 12.4. The quantitative estimate of drug-likeness (QED) is 0.622. The number of Topliss-reactive ketones (excluding diaryl/α,β-unsaturated/α-hetero) is 1. The van der Waals surface area contributed by atoms with Crippen LogP contribution in [-0.2, 0) is 25.5 Å². The number of carbonyl (C=O) groups excluding carboxylic acids is 3. The number of hydrogen-bond donors (Lipinski definition) is 0. The third-order valence-corrected chi connectivity index (χ3v) is 3.62. The lowest BCUT2D eigenvalue weighted by Gasteiger charge is -2.29. The maximum Gasteiger partial charge on any atom is 0.316 e. The Morgan fingerprint density at radius 3 is 2.59 bits per heavy atom. The number of ether oxygens (including phenoxy) is 1. The summed E-state index contributed by atoms with van der Waals surface area (Å²) in [4.78, 5) is 37.2. The molecule has 2 rings (SSSR count). The first-order valence-electron chi connectivity index (χ1n) is 7.22. The molecule has 0 saturated carbocycles. The van der Waals surface area contributed by atoms with Crippen LogP contribution in [0.2, 0.25) is 0 Å². The van der Waals surface area contributed by atoms with Crippen molar-refractivity contribution < 1.29 is 23.5 Å². The lowest BCUT2D eigenvalue weighted by atomic mass is 9.95. The monoisotopic (exact) mass is 307 g/mol. The Morgan fingerprint density at radius 1 is 1.32 bits per heavy atom. The molecule has 1 heterocycles. The van der Waals surface area contributed by atoms with E-state index in [1.54, 1.807) is 19.1 Å². The number of rotatable bonds is 4. The molecule has 5 nitrogen and oxygen atoms in total. The van der Waals surface area contributed by atoms with Gasteiger partial charge in [0.25, 0.3) is 0 Å². The molecule has 0 bridgehead atoms. The van der Waals surface area contributed by atoms with Gasteiger partial charge in [0, 0.05) is 6.54 Å². The second-order valence-electron chi connectivity index (χ2n) is 5.18. The number of likely N-dealkylation sites (tertiary alicyclic amines) is 1. The predicted octanol–water partition coefficient (Wildman–Crippen LogP) is 1.35. The van der Waals surface area contributed by atoms with Gasteiger partial charge in [-0.05, 0) is 31.0 Å². The molecule has 1 aliphatic rings. The van der Waals surface area contributed by atoms with Crippen molar-refractivity contribution in [3.05, 3.63) is 35.6 Å². The van der Waals surface area contributed by atoms with Crippen molar-refractivity contribution >= 4 is 17.7 Å². The van der Waals surface area contributed by atoms with E-state index in [2.05, 4.69) is 0 Å². The number of halogens is 1. The fraction of sp³-hybridized carbons (Fsp3) is 0.438. The van der Waals surface area contributed by atoms with Gasteiger partial charge < -0.3 is 9.64 Å². The molecule has 1 aliphatic heterocycles. The summed E-state index contributed by atoms with van der Waals surface area (Å²) >= 11 is 0. The number of nitrogens with zero attached hydrogens (tertiary/aromatic N) is 1. The average molecular weight is 307 g/mol. The first-order valence-corrected chi connectivity index (χ1v) is 7.22. The largest absolute Gasteiger partial charge is 0.465 e. The number of esters is 1. The van der Waals surface area contributed by atoms with Crippen LogP contribution in [0.5, 0.6) is 0 Å². The number of carbonyl (C=O) groups is 3. The maximum absolute atomic E-state index is 12.8. The molecule has 1 aromatic rings. The summed E-state index contributed by atoms with van der Waals surface area (Å²) in [6.07, 6.45) is 0.393. The van der Waals surface area contributed by atoms with Crippen LogP contribution < -0.4 is 0 Å². The second-order valence-corrected chi connectivity index (χ2v) is 5.18. The molecule has 1 atom stereocenters. The van der Waals surface area contributed by atoms with Gasteiger partial charge >= 0.3 is 5.97 Å². The molecule has 0 aliphatic carbocycles. The molecule has 118 valence electrons. The van der Waals surface area contributed by atoms with Gasteiger partial charge in [-0.2, -0.15) is 0 Å². The Labute approximate surface area is 128 Å². The van der Waals surface area contributed by atoms with Crippen molar-refractivity contribution in [1.29, 1.82) is 0 Å². The normalized spacial score (nSPS) is 18.2. The lowest BCUT2D eigenvalue weighted by Crippen LogP contribution is -2.47. The number of piperidine rings is 1. The van der Waals surface area contributed by atoms with Gasteiger partial charge in [0.1, 0.15) is 11.7 Å². The third kappa shape index (κ3) is 3.90. The summed E-state index contributed by atoms with van der Waals surface area (Å²) in [5.74, 6) is -2.14. The smallest absolute Gasteiger partial charge is 0.316 e. The van der Waals surface area contributed by atoms with E-state index in [9.17, 15) is 18.8 Å². The van der Waals surface area contributed by atoms with Crippen molar-refractivity contribution in [2.75, 3.05) is 19.7 Å². The molecule has 1 amide bonds. The van der Waals surface area contributed by atoms with Crippen LogP contribution in [0.4, 0.5) is 4.39 Å². The van der Waals surface area contributed by atoms with Gasteiger partial charge in [0.05, 0.1) is 19.6 Å². The molecular weight excluding hydrogens is 289 g/mol. The fourth-order valence-corrected chi connectivity index (χ4v) is 2.42. The SMILES string of the molecule is CCOC(=O)C1CCN(C(=O)Cc2ccc(F)cc2)CC1=O. The van der Waals surface area contributed by atoms with E-state index in [0.29, 0.717) is 12.1 Å². The molecule has 0 N–H and O–H groups in total. The molecule has 1 saturated heterocycles. The zero-order chi connectivity index (χ0) is 16.1. The summed E-state index contributed by atoms with van der Waals surface area (Å²) < 4.78 is 17.7. The van der Waals surface area contributed by atoms with Gasteiger partial charge in [0.2, 0.25) is 5.91 Å². The molecule has 6 heteroatoms. The van der Waals surface area contributed by atoms with E-state index in [4.69, 9.17) is 4.74 Å². The van der Waals surface area contributed by atoms with Gasteiger partial charge in [-0.3, -0.25) is 14.4 Å². The van der Waals surface area contributed by atoms with Crippen LogP contribution in [0.15, 0.2) is 24.3 Å². The summed E-state index contributed by atoms with van der Waals surface area (Å²) in [5, 5.41) is 0. The standard InChI is InChI=1S/C16H18FNO4/c1-2-22-16(21)13-7-8-18(10-14(13)19)15(20)9-11-3-5-12(17)6-4-11/h3-6,13H,2,7-10H2,1H3. The Kier molecular flexibility index (Phi) is 5.25. The highest BCUT2D eigenvalue weighted by atomic mass is 19.1. The number of ketones is 1. The van der Waals surface area contributed by atoms with E-state index in [1.165, 1.54) is 17.0 Å². The molecule has 1 unspecified atom stereocenters. The van der Waals surface area contributed by atoms with Crippen molar-refractivity contribution in [2.24, 2.45) is 5.92 Å². The Bertz CT molecular complexity index is 570. The number of hydrogen-bond acceptors (Lipinski definition) is 4. The Hall–Kier alpha value is -2.24. The molecule has 1 aromatic carbocycles. The van der Waals surface area contributed by atoms with E-state index in [-0.39, 0.29) is 43.5 Å². The Morgan fingerprint density at radius 2 is 2.00 bits per heavy atom. The number of benzene rings is 1. The van der Waals surface area contributed by atoms with Crippen LogP contribution in [0.3, 0.4) is 0 Å². The van der Waals surface area contributed by atoms with Crippen molar-refractivity contribution in [3.8, 4) is 0 Å². The Balaban J connectivity index is 1.92. The third-order valence-electron chi connectivity index (χ3n) is 3.62. The van der Waals surface area contributed by atoms with Crippen LogP contribution in [0, 0.1) is 11.7 Å². The molecule has 22 heavy (non-hydrogen) atoms. The van der Waals surface area contributed by atoms with Crippen molar-refractivity contribution in [3.63, 3.8) is 0 Å². The zero-order valence-electron chi connectivity index (χ0n) is 12.4. The highest BCUT2D eigenvalue weighted by Crippen LogP contribution is 2.17. The maximum atomic E-state index is 12.8. The summed E-state index contributed by atoms with van der Waals surface area (Å²) in [7, 11) is 0. The van der Waals surface area contributed by atoms with E-state index in [0.717, 1.165) is 0 Å². The van der Waals surface area contributed by atoms with Crippen LogP contribution >= 0.6 is 0 Å². The van der Waals surface area contributed by atoms with Gasteiger partial charge in [-0.25, -0.2) is 4.39 Å². The first-order chi connectivity index (χ1) is 10.5. The second kappa shape index (κ2) is 7.15. The minimum atomic E-state index is -0.769. The van der Waals surface area contributed by atoms with E-state index < -0.39 is 11.9 Å². The highest BCUT2D eigenvalue weighted by Gasteiger charge is 2.35. The molecular formula is C16H18FNO4. The molecule has 0 aromatic heterocycles. The summed E-state index contributed by atoms with van der Waals surface area (Å²) in [5.41, 5.74) is 0.686. The minimum absolute atomic E-state index is 0.0799. The van der Waals surface area contributed by atoms with Crippen LogP contribution in [-0.4, -0.2) is 42.3 Å². The topological polar surface area (TPSA) is 63.7 Å². The lowest BCUT2D eigenvalue weighted by molar-refractivity contribution is -0.155. The predicted molar refractivity (Wildman–Crippen MR) is 76.4 cm³/mol. The molecule has 0 radical (unpaired) electrons. The van der Waals surface area contributed by atoms with E-state index in [1.807, 2.05) is 0 Å². The van der Waals surface area contributed by atoms with Crippen LogP contribution in [0.1, 0.15) is 18.9 Å². The van der Waals surface area contributed by atoms with Crippen molar-refractivity contribution in [1.82, 2.24) is 4.90 Å². The summed E-state index contributed by atoms with van der Waals surface area (Å²) in [6, 6.07) is 5.67. The van der Waals surface area contributed by atoms with Crippen molar-refractivity contribution in [2.45, 2.75) is 19.8 Å². The van der Waals surface area contributed by atoms with Gasteiger partial charge in [-0.15, -0.1) is 0 Å². The van der Waals surface area contributed by atoms with Crippen LogP contribution in [0.25, 0.3) is 0 Å². The molecule has 1 fully saturated rings. The first kappa shape index (κ1) is 16.1. The van der Waals surface area contributed by atoms with Gasteiger partial charge in [-0.1, -0.05) is 12.1 Å². The van der Waals surface area contributed by atoms with E-state index >= 15 is 0 Å².